The van der Waals surface area contributed by atoms with Gasteiger partial charge in [0.25, 0.3) is 0 Å². The molecule has 0 aliphatic rings. The van der Waals surface area contributed by atoms with E-state index >= 15 is 0 Å². The van der Waals surface area contributed by atoms with Crippen LogP contribution in [-0.2, 0) is 9.47 Å². The molecule has 0 saturated carbocycles. The third kappa shape index (κ3) is 5.09. The summed E-state index contributed by atoms with van der Waals surface area (Å²) >= 11 is 0. The van der Waals surface area contributed by atoms with Crippen molar-refractivity contribution >= 4 is 16.6 Å². The summed E-state index contributed by atoms with van der Waals surface area (Å²) in [6.07, 6.45) is -1.39. The Morgan fingerprint density at radius 2 is 1.96 bits per heavy atom. The van der Waals surface area contributed by atoms with Gasteiger partial charge in [0, 0.05) is 18.6 Å². The van der Waals surface area contributed by atoms with Crippen LogP contribution in [0.3, 0.4) is 0 Å². The summed E-state index contributed by atoms with van der Waals surface area (Å²) in [4.78, 5) is 12.3. The first-order chi connectivity index (χ1) is 11.7. The molecule has 1 heterocycles. The number of nitrogens with one attached hydrogen (secondary N) is 1. The smallest absolute Gasteiger partial charge is 0.306 e. The molecule has 1 aromatic carbocycles. The highest BCUT2D eigenvalue weighted by Crippen LogP contribution is 2.22. The van der Waals surface area contributed by atoms with Crippen molar-refractivity contribution < 1.29 is 24.5 Å². The van der Waals surface area contributed by atoms with Crippen LogP contribution in [0.5, 0.6) is 5.75 Å². The van der Waals surface area contributed by atoms with Gasteiger partial charge in [-0.3, -0.25) is 4.79 Å². The lowest BCUT2D eigenvalue weighted by Crippen LogP contribution is -2.35. The summed E-state index contributed by atoms with van der Waals surface area (Å²) < 4.78 is 16.2. The second-order valence-corrected chi connectivity index (χ2v) is 6.46. The van der Waals surface area contributed by atoms with E-state index < -0.39 is 17.6 Å². The number of aliphatic hydroxyl groups excluding tert-OH is 1. The van der Waals surface area contributed by atoms with Crippen LogP contribution in [0.4, 0.5) is 5.69 Å². The molecule has 8 nitrogen and oxygen atoms in total. The van der Waals surface area contributed by atoms with Gasteiger partial charge in [-0.2, -0.15) is 0 Å². The molecule has 2 rings (SSSR count). The summed E-state index contributed by atoms with van der Waals surface area (Å²) in [5.74, 6) is 0.503. The van der Waals surface area contributed by atoms with Crippen LogP contribution < -0.4 is 15.6 Å². The number of aliphatic hydroxyl groups is 1. The van der Waals surface area contributed by atoms with Crippen molar-refractivity contribution in [3.8, 4) is 5.75 Å². The Kier molecular flexibility index (Phi) is 5.89. The van der Waals surface area contributed by atoms with Crippen molar-refractivity contribution in [2.45, 2.75) is 32.8 Å². The van der Waals surface area contributed by atoms with Crippen molar-refractivity contribution in [2.24, 2.45) is 0 Å². The summed E-state index contributed by atoms with van der Waals surface area (Å²) in [5, 5.41) is 23.2. The number of fused-ring (bicyclic) bond motifs is 1. The van der Waals surface area contributed by atoms with E-state index in [2.05, 4.69) is 5.32 Å². The second kappa shape index (κ2) is 7.73. The number of rotatable bonds is 7. The molecule has 0 aliphatic heterocycles. The van der Waals surface area contributed by atoms with Crippen molar-refractivity contribution in [3.05, 3.63) is 34.6 Å². The van der Waals surface area contributed by atoms with E-state index in [1.54, 1.807) is 46.1 Å². The predicted molar refractivity (Wildman–Crippen MR) is 93.2 cm³/mol. The number of nitrogens with zero attached hydrogens (tertiary/aromatic N) is 1. The van der Waals surface area contributed by atoms with E-state index in [1.165, 1.54) is 6.07 Å². The lowest BCUT2D eigenvalue weighted by molar-refractivity contribution is -0.148. The van der Waals surface area contributed by atoms with E-state index in [4.69, 9.17) is 14.2 Å². The first kappa shape index (κ1) is 19.0. The van der Waals surface area contributed by atoms with Crippen LogP contribution in [0.25, 0.3) is 10.9 Å². The van der Waals surface area contributed by atoms with Gasteiger partial charge in [-0.05, 0) is 39.0 Å². The van der Waals surface area contributed by atoms with Gasteiger partial charge in [-0.1, -0.05) is 0 Å². The molecular weight excluding hydrogens is 328 g/mol. The molecular formula is C17H24N2O6. The number of ether oxygens (including phenoxy) is 3. The molecule has 0 saturated heterocycles. The minimum Gasteiger partial charge on any atom is -0.491 e. The summed E-state index contributed by atoms with van der Waals surface area (Å²) in [6, 6.07) is 6.50. The Hall–Kier alpha value is -2.29. The van der Waals surface area contributed by atoms with E-state index in [9.17, 15) is 15.1 Å². The second-order valence-electron chi connectivity index (χ2n) is 6.46. The van der Waals surface area contributed by atoms with Gasteiger partial charge in [0.2, 0.25) is 6.41 Å². The molecule has 0 fully saturated rings. The zero-order valence-electron chi connectivity index (χ0n) is 14.8. The highest BCUT2D eigenvalue weighted by molar-refractivity contribution is 5.83. The van der Waals surface area contributed by atoms with E-state index in [0.717, 1.165) is 0 Å². The van der Waals surface area contributed by atoms with Gasteiger partial charge >= 0.3 is 5.56 Å². The van der Waals surface area contributed by atoms with Crippen LogP contribution in [0, 0.1) is 0 Å². The molecule has 25 heavy (non-hydrogen) atoms. The Morgan fingerprint density at radius 1 is 1.24 bits per heavy atom. The highest BCUT2D eigenvalue weighted by atomic mass is 16.6. The molecule has 0 aliphatic carbocycles. The topological polar surface area (TPSA) is 102 Å². The standard InChI is InChI=1S/C17H24N2O6/c1-17(2,3)25-16(21)18-13-9-11-5-6-12(24-8-7-23-4)10-14(11)19(22)15(13)20/h5-6,9-10,16,18,21-22H,7-8H2,1-4H3. The Labute approximate surface area is 145 Å². The molecule has 0 radical (unpaired) electrons. The molecule has 138 valence electrons. The minimum atomic E-state index is -1.39. The Balaban J connectivity index is 2.28. The molecule has 1 aromatic heterocycles. The normalized spacial score (nSPS) is 13.0. The van der Waals surface area contributed by atoms with Crippen molar-refractivity contribution in [3.63, 3.8) is 0 Å². The van der Waals surface area contributed by atoms with Gasteiger partial charge in [0.1, 0.15) is 18.0 Å². The van der Waals surface area contributed by atoms with Gasteiger partial charge < -0.3 is 29.8 Å². The average molecular weight is 352 g/mol. The van der Waals surface area contributed by atoms with E-state index in [1.807, 2.05) is 0 Å². The minimum absolute atomic E-state index is 0.0137. The number of pyridine rings is 1. The molecule has 0 bridgehead atoms. The molecule has 0 spiro atoms. The van der Waals surface area contributed by atoms with Gasteiger partial charge in [-0.25, -0.2) is 0 Å². The molecule has 1 unspecified atom stereocenters. The van der Waals surface area contributed by atoms with Gasteiger partial charge in [0.15, 0.2) is 0 Å². The number of aromatic nitrogens is 1. The van der Waals surface area contributed by atoms with Crippen LogP contribution in [0.1, 0.15) is 20.8 Å². The SMILES string of the molecule is COCCOc1ccc2cc(NC(O)OC(C)(C)C)c(=O)n(O)c2c1. The van der Waals surface area contributed by atoms with Crippen molar-refractivity contribution in [1.82, 2.24) is 4.73 Å². The molecule has 8 heteroatoms. The summed E-state index contributed by atoms with van der Waals surface area (Å²) in [7, 11) is 1.57. The first-order valence-corrected chi connectivity index (χ1v) is 7.84. The number of hydrogen-bond acceptors (Lipinski definition) is 7. The van der Waals surface area contributed by atoms with Crippen molar-refractivity contribution in [1.29, 1.82) is 0 Å². The third-order valence-corrected chi connectivity index (χ3v) is 3.25. The number of methoxy groups -OCH3 is 1. The quantitative estimate of drug-likeness (QED) is 0.396. The zero-order valence-corrected chi connectivity index (χ0v) is 14.8. The highest BCUT2D eigenvalue weighted by Gasteiger charge is 2.18. The summed E-state index contributed by atoms with van der Waals surface area (Å²) in [6.45, 7) is 6.10. The maximum absolute atomic E-state index is 12.3. The third-order valence-electron chi connectivity index (χ3n) is 3.25. The maximum atomic E-state index is 12.3. The fourth-order valence-electron chi connectivity index (χ4n) is 2.20. The number of hydrogen-bond donors (Lipinski definition) is 3. The van der Waals surface area contributed by atoms with Crippen LogP contribution in [-0.4, -0.2) is 47.4 Å². The summed E-state index contributed by atoms with van der Waals surface area (Å²) in [5.41, 5.74) is -1.01. The van der Waals surface area contributed by atoms with E-state index in [-0.39, 0.29) is 11.2 Å². The van der Waals surface area contributed by atoms with Gasteiger partial charge in [-0.15, -0.1) is 4.73 Å². The molecule has 0 amide bonds. The van der Waals surface area contributed by atoms with Crippen LogP contribution in [0.2, 0.25) is 0 Å². The average Bonchev–Trinajstić information content (AvgIpc) is 2.51. The lowest BCUT2D eigenvalue weighted by Gasteiger charge is -2.24. The van der Waals surface area contributed by atoms with Gasteiger partial charge in [0.05, 0.1) is 17.7 Å². The fourth-order valence-corrected chi connectivity index (χ4v) is 2.20. The largest absolute Gasteiger partial charge is 0.491 e. The Bertz CT molecular complexity index is 781. The van der Waals surface area contributed by atoms with Crippen LogP contribution >= 0.6 is 0 Å². The zero-order chi connectivity index (χ0) is 18.6. The first-order valence-electron chi connectivity index (χ1n) is 7.84. The lowest BCUT2D eigenvalue weighted by atomic mass is 10.2. The Morgan fingerprint density at radius 3 is 2.60 bits per heavy atom. The number of benzene rings is 1. The fraction of sp³-hybridized carbons (Fsp3) is 0.471. The monoisotopic (exact) mass is 352 g/mol. The molecule has 3 N–H and O–H groups in total. The molecule has 1 atom stereocenters. The van der Waals surface area contributed by atoms with E-state index in [0.29, 0.717) is 29.1 Å². The maximum Gasteiger partial charge on any atom is 0.306 e. The molecule has 2 aromatic rings. The predicted octanol–water partition coefficient (Wildman–Crippen LogP) is 1.77. The van der Waals surface area contributed by atoms with Crippen molar-refractivity contribution in [2.75, 3.05) is 25.6 Å². The van der Waals surface area contributed by atoms with Crippen LogP contribution in [0.15, 0.2) is 29.1 Å². The number of anilines is 1.